The lowest BCUT2D eigenvalue weighted by molar-refractivity contribution is -0.384. The van der Waals surface area contributed by atoms with Gasteiger partial charge in [-0.2, -0.15) is 0 Å². The summed E-state index contributed by atoms with van der Waals surface area (Å²) in [4.78, 5) is 37.9. The molecule has 7 heteroatoms. The molecule has 1 fully saturated rings. The predicted molar refractivity (Wildman–Crippen MR) is 121 cm³/mol. The molecule has 0 saturated carbocycles. The number of hydrogen-bond acceptors (Lipinski definition) is 6. The molecule has 0 bridgehead atoms. The van der Waals surface area contributed by atoms with Gasteiger partial charge in [-0.05, 0) is 30.0 Å². The van der Waals surface area contributed by atoms with Gasteiger partial charge < -0.3 is 9.64 Å². The molecular formula is C25H22N2O5. The lowest BCUT2D eigenvalue weighted by Gasteiger charge is -2.20. The van der Waals surface area contributed by atoms with E-state index in [1.165, 1.54) is 12.1 Å². The Balaban J connectivity index is 1.46. The van der Waals surface area contributed by atoms with Crippen molar-refractivity contribution in [3.63, 3.8) is 0 Å². The van der Waals surface area contributed by atoms with Gasteiger partial charge in [0.15, 0.2) is 12.4 Å². The van der Waals surface area contributed by atoms with E-state index in [2.05, 4.69) is 0 Å². The molecule has 0 unspecified atom stereocenters. The van der Waals surface area contributed by atoms with E-state index in [1.54, 1.807) is 18.2 Å². The highest BCUT2D eigenvalue weighted by Gasteiger charge is 2.24. The number of hydrogen-bond donors (Lipinski definition) is 0. The smallest absolute Gasteiger partial charge is 0.340 e. The number of esters is 1. The molecule has 1 heterocycles. The number of rotatable bonds is 7. The van der Waals surface area contributed by atoms with E-state index in [0.29, 0.717) is 11.3 Å². The molecule has 1 aliphatic rings. The molecular weight excluding hydrogens is 408 g/mol. The van der Waals surface area contributed by atoms with Crippen molar-refractivity contribution in [3.05, 3.63) is 94.0 Å². The molecule has 0 atom stereocenters. The highest BCUT2D eigenvalue weighted by Crippen LogP contribution is 2.29. The van der Waals surface area contributed by atoms with Crippen LogP contribution in [0.5, 0.6) is 0 Å². The number of benzene rings is 3. The molecule has 1 saturated heterocycles. The molecule has 0 amide bonds. The van der Waals surface area contributed by atoms with Crippen molar-refractivity contribution >= 4 is 23.1 Å². The van der Waals surface area contributed by atoms with E-state index >= 15 is 0 Å². The van der Waals surface area contributed by atoms with Gasteiger partial charge in [0, 0.05) is 30.8 Å². The second-order valence-corrected chi connectivity index (χ2v) is 7.60. The number of non-ortho nitro benzene ring substituents is 1. The minimum atomic E-state index is -0.746. The van der Waals surface area contributed by atoms with Gasteiger partial charge in [-0.3, -0.25) is 14.9 Å². The molecule has 0 radical (unpaired) electrons. The summed E-state index contributed by atoms with van der Waals surface area (Å²) in [6.45, 7) is 1.10. The van der Waals surface area contributed by atoms with E-state index in [9.17, 15) is 19.7 Å². The highest BCUT2D eigenvalue weighted by molar-refractivity contribution is 6.01. The van der Waals surface area contributed by atoms with E-state index in [1.807, 2.05) is 47.4 Å². The first-order chi connectivity index (χ1) is 15.5. The van der Waals surface area contributed by atoms with Crippen LogP contribution in [0.3, 0.4) is 0 Å². The Morgan fingerprint density at radius 2 is 1.56 bits per heavy atom. The van der Waals surface area contributed by atoms with Crippen LogP contribution < -0.4 is 4.90 Å². The number of nitrogens with zero attached hydrogens (tertiary/aromatic N) is 2. The third-order valence-corrected chi connectivity index (χ3v) is 5.51. The van der Waals surface area contributed by atoms with Gasteiger partial charge in [0.1, 0.15) is 0 Å². The summed E-state index contributed by atoms with van der Waals surface area (Å²) in [6.07, 6.45) is 1.98. The van der Waals surface area contributed by atoms with Crippen LogP contribution in [0.25, 0.3) is 11.1 Å². The van der Waals surface area contributed by atoms with Crippen molar-refractivity contribution in [2.75, 3.05) is 24.6 Å². The summed E-state index contributed by atoms with van der Waals surface area (Å²) in [7, 11) is 0. The fourth-order valence-corrected chi connectivity index (χ4v) is 3.81. The number of carbonyl (C=O) groups is 2. The minimum absolute atomic E-state index is 0.105. The molecule has 32 heavy (non-hydrogen) atoms. The van der Waals surface area contributed by atoms with Crippen molar-refractivity contribution in [2.45, 2.75) is 12.8 Å². The monoisotopic (exact) mass is 430 g/mol. The van der Waals surface area contributed by atoms with Crippen LogP contribution in [-0.2, 0) is 4.74 Å². The standard InChI is InChI=1S/C25H22N2O5/c28-24(20-10-8-19(9-11-20)18-6-2-1-3-7-18)17-32-25(29)22-16-21(27(30)31)12-13-23(22)26-14-4-5-15-26/h1-3,6-13,16H,4-5,14-15,17H2. The highest BCUT2D eigenvalue weighted by atomic mass is 16.6. The zero-order chi connectivity index (χ0) is 22.5. The predicted octanol–water partition coefficient (Wildman–Crippen LogP) is 4.90. The van der Waals surface area contributed by atoms with E-state index in [0.717, 1.165) is 37.1 Å². The Kier molecular flexibility index (Phi) is 6.26. The second-order valence-electron chi connectivity index (χ2n) is 7.60. The van der Waals surface area contributed by atoms with Gasteiger partial charge in [-0.1, -0.05) is 54.6 Å². The van der Waals surface area contributed by atoms with Crippen LogP contribution in [0.4, 0.5) is 11.4 Å². The molecule has 3 aromatic carbocycles. The number of anilines is 1. The maximum absolute atomic E-state index is 12.7. The van der Waals surface area contributed by atoms with Crippen molar-refractivity contribution in [2.24, 2.45) is 0 Å². The van der Waals surface area contributed by atoms with Crippen LogP contribution >= 0.6 is 0 Å². The van der Waals surface area contributed by atoms with Crippen LogP contribution in [-0.4, -0.2) is 36.4 Å². The number of ether oxygens (including phenoxy) is 1. The molecule has 0 N–H and O–H groups in total. The Bertz CT molecular complexity index is 1140. The first-order valence-electron chi connectivity index (χ1n) is 10.4. The molecule has 0 aromatic heterocycles. The maximum Gasteiger partial charge on any atom is 0.340 e. The number of nitro benzene ring substituents is 1. The largest absolute Gasteiger partial charge is 0.454 e. The van der Waals surface area contributed by atoms with Crippen LogP contribution in [0.2, 0.25) is 0 Å². The Hall–Kier alpha value is -4.00. The molecule has 3 aromatic rings. The van der Waals surface area contributed by atoms with Gasteiger partial charge in [-0.15, -0.1) is 0 Å². The van der Waals surface area contributed by atoms with E-state index in [-0.39, 0.29) is 17.0 Å². The maximum atomic E-state index is 12.7. The van der Waals surface area contributed by atoms with Crippen molar-refractivity contribution in [3.8, 4) is 11.1 Å². The molecule has 7 nitrogen and oxygen atoms in total. The summed E-state index contributed by atoms with van der Waals surface area (Å²) < 4.78 is 5.26. The number of carbonyl (C=O) groups excluding carboxylic acids is 2. The van der Waals surface area contributed by atoms with Crippen LogP contribution in [0, 0.1) is 10.1 Å². The van der Waals surface area contributed by atoms with Crippen molar-refractivity contribution in [1.82, 2.24) is 0 Å². The average molecular weight is 430 g/mol. The zero-order valence-corrected chi connectivity index (χ0v) is 17.4. The third kappa shape index (κ3) is 4.67. The van der Waals surface area contributed by atoms with E-state index in [4.69, 9.17) is 4.74 Å². The number of nitro groups is 1. The van der Waals surface area contributed by atoms with Gasteiger partial charge in [0.25, 0.3) is 5.69 Å². The SMILES string of the molecule is O=C(COC(=O)c1cc([N+](=O)[O-])ccc1N1CCCC1)c1ccc(-c2ccccc2)cc1. The van der Waals surface area contributed by atoms with Crippen LogP contribution in [0.1, 0.15) is 33.6 Å². The lowest BCUT2D eigenvalue weighted by atomic mass is 10.0. The summed E-state index contributed by atoms with van der Waals surface area (Å²) in [5.41, 5.74) is 2.95. The Morgan fingerprint density at radius 1 is 0.906 bits per heavy atom. The quantitative estimate of drug-likeness (QED) is 0.229. The Morgan fingerprint density at radius 3 is 2.22 bits per heavy atom. The molecule has 0 aliphatic carbocycles. The number of ketones is 1. The van der Waals surface area contributed by atoms with Crippen molar-refractivity contribution < 1.29 is 19.2 Å². The normalized spacial score (nSPS) is 13.1. The summed E-state index contributed by atoms with van der Waals surface area (Å²) in [6, 6.07) is 21.0. The molecule has 162 valence electrons. The molecule has 4 rings (SSSR count). The Labute approximate surface area is 185 Å². The van der Waals surface area contributed by atoms with Crippen LogP contribution in [0.15, 0.2) is 72.8 Å². The summed E-state index contributed by atoms with van der Waals surface area (Å²) in [5, 5.41) is 11.2. The average Bonchev–Trinajstić information content (AvgIpc) is 3.37. The lowest BCUT2D eigenvalue weighted by Crippen LogP contribution is -2.22. The van der Waals surface area contributed by atoms with Gasteiger partial charge in [0.2, 0.25) is 0 Å². The van der Waals surface area contributed by atoms with Gasteiger partial charge in [-0.25, -0.2) is 4.79 Å². The van der Waals surface area contributed by atoms with Gasteiger partial charge >= 0.3 is 5.97 Å². The fraction of sp³-hybridized carbons (Fsp3) is 0.200. The third-order valence-electron chi connectivity index (χ3n) is 5.51. The first kappa shape index (κ1) is 21.2. The molecule has 0 spiro atoms. The second kappa shape index (κ2) is 9.43. The van der Waals surface area contributed by atoms with Crippen molar-refractivity contribution in [1.29, 1.82) is 0 Å². The number of Topliss-reactive ketones (excluding diaryl/α,β-unsaturated/α-hetero) is 1. The van der Waals surface area contributed by atoms with Gasteiger partial charge in [0.05, 0.1) is 16.2 Å². The zero-order valence-electron chi connectivity index (χ0n) is 17.4. The summed E-state index contributed by atoms with van der Waals surface area (Å²) >= 11 is 0. The van der Waals surface area contributed by atoms with E-state index < -0.39 is 17.5 Å². The molecule has 1 aliphatic heterocycles. The minimum Gasteiger partial charge on any atom is -0.454 e. The summed E-state index contributed by atoms with van der Waals surface area (Å²) in [5.74, 6) is -1.09. The first-order valence-corrected chi connectivity index (χ1v) is 10.4. The fourth-order valence-electron chi connectivity index (χ4n) is 3.81. The topological polar surface area (TPSA) is 89.8 Å².